The summed E-state index contributed by atoms with van der Waals surface area (Å²) in [6.07, 6.45) is 0. The van der Waals surface area contributed by atoms with Crippen molar-refractivity contribution >= 4 is 15.9 Å². The monoisotopic (exact) mass is 298 g/mol. The van der Waals surface area contributed by atoms with Gasteiger partial charge in [0, 0.05) is 19.2 Å². The van der Waals surface area contributed by atoms with Gasteiger partial charge in [-0.05, 0) is 43.0 Å². The van der Waals surface area contributed by atoms with Gasteiger partial charge in [0.25, 0.3) is 5.91 Å². The average Bonchev–Trinajstić information content (AvgIpc) is 2.29. The Morgan fingerprint density at radius 2 is 1.85 bits per heavy atom. The molecule has 0 atom stereocenters. The number of nitrogens with zero attached hydrogens (tertiary/aromatic N) is 1. The van der Waals surface area contributed by atoms with Gasteiger partial charge in [-0.3, -0.25) is 4.79 Å². The van der Waals surface area contributed by atoms with Crippen LogP contribution in [0.5, 0.6) is 0 Å². The number of rotatable bonds is 4. The van der Waals surface area contributed by atoms with Crippen LogP contribution in [0, 0.1) is 19.8 Å². The molecule has 1 rings (SSSR count). The van der Waals surface area contributed by atoms with Crippen molar-refractivity contribution in [2.75, 3.05) is 13.6 Å². The summed E-state index contributed by atoms with van der Waals surface area (Å²) in [6, 6.07) is 2.85. The van der Waals surface area contributed by atoms with Crippen LogP contribution >= 0.6 is 0 Å². The van der Waals surface area contributed by atoms with Crippen molar-refractivity contribution < 1.29 is 13.2 Å². The fraction of sp³-hybridized carbons (Fsp3) is 0.500. The summed E-state index contributed by atoms with van der Waals surface area (Å²) < 4.78 is 22.9. The molecule has 0 saturated heterocycles. The van der Waals surface area contributed by atoms with E-state index in [1.54, 1.807) is 25.8 Å². The molecule has 0 spiro atoms. The number of carbonyl (C=O) groups excluding carboxylic acids is 1. The highest BCUT2D eigenvalue weighted by atomic mass is 32.2. The quantitative estimate of drug-likeness (QED) is 0.918. The van der Waals surface area contributed by atoms with Crippen LogP contribution in [0.15, 0.2) is 17.0 Å². The van der Waals surface area contributed by atoms with Gasteiger partial charge >= 0.3 is 0 Å². The molecule has 1 aromatic rings. The first-order valence-electron chi connectivity index (χ1n) is 6.43. The smallest absolute Gasteiger partial charge is 0.253 e. The van der Waals surface area contributed by atoms with Gasteiger partial charge in [-0.15, -0.1) is 0 Å². The van der Waals surface area contributed by atoms with Crippen molar-refractivity contribution in [2.24, 2.45) is 11.1 Å². The second kappa shape index (κ2) is 5.93. The first-order chi connectivity index (χ1) is 9.04. The molecule has 112 valence electrons. The normalized spacial score (nSPS) is 11.8. The minimum absolute atomic E-state index is 0.0260. The fourth-order valence-electron chi connectivity index (χ4n) is 2.05. The molecule has 0 bridgehead atoms. The zero-order chi connectivity index (χ0) is 15.7. The summed E-state index contributed by atoms with van der Waals surface area (Å²) in [5.41, 5.74) is 1.90. The van der Waals surface area contributed by atoms with E-state index in [1.165, 1.54) is 12.1 Å². The maximum Gasteiger partial charge on any atom is 0.253 e. The molecule has 6 heteroatoms. The summed E-state index contributed by atoms with van der Waals surface area (Å²) in [5, 5.41) is 5.15. The molecule has 0 heterocycles. The van der Waals surface area contributed by atoms with Gasteiger partial charge in [0.1, 0.15) is 0 Å². The summed E-state index contributed by atoms with van der Waals surface area (Å²) in [4.78, 5) is 14.0. The van der Waals surface area contributed by atoms with E-state index in [9.17, 15) is 13.2 Å². The lowest BCUT2D eigenvalue weighted by atomic mass is 10.0. The van der Waals surface area contributed by atoms with Crippen LogP contribution in [0.25, 0.3) is 0 Å². The van der Waals surface area contributed by atoms with E-state index in [1.807, 2.05) is 13.8 Å². The Hall–Kier alpha value is -1.40. The number of hydrogen-bond acceptors (Lipinski definition) is 3. The van der Waals surface area contributed by atoms with Crippen LogP contribution in [0.2, 0.25) is 0 Å². The van der Waals surface area contributed by atoms with Crippen LogP contribution < -0.4 is 5.14 Å². The first kappa shape index (κ1) is 16.7. The standard InChI is InChI=1S/C14H22N2O3S/c1-9(2)8-16(5)14(17)13-7-12(20(15,18)19)6-10(3)11(13)4/h6-7,9H,8H2,1-5H3,(H2,15,18,19). The number of amides is 1. The third-order valence-corrected chi connectivity index (χ3v) is 4.08. The molecule has 0 aliphatic carbocycles. The van der Waals surface area contributed by atoms with Crippen molar-refractivity contribution in [1.82, 2.24) is 4.90 Å². The Labute approximate surface area is 120 Å². The SMILES string of the molecule is Cc1cc(S(N)(=O)=O)cc(C(=O)N(C)CC(C)C)c1C. The molecule has 0 aliphatic rings. The number of benzene rings is 1. The molecule has 5 nitrogen and oxygen atoms in total. The lowest BCUT2D eigenvalue weighted by molar-refractivity contribution is 0.0778. The molecular formula is C14H22N2O3S. The molecule has 2 N–H and O–H groups in total. The Kier molecular flexibility index (Phi) is 4.94. The van der Waals surface area contributed by atoms with E-state index < -0.39 is 10.0 Å². The first-order valence-corrected chi connectivity index (χ1v) is 7.98. The minimum Gasteiger partial charge on any atom is -0.341 e. The Morgan fingerprint density at radius 3 is 2.30 bits per heavy atom. The number of nitrogens with two attached hydrogens (primary N) is 1. The fourth-order valence-corrected chi connectivity index (χ4v) is 2.67. The molecule has 0 aliphatic heterocycles. The van der Waals surface area contributed by atoms with E-state index in [4.69, 9.17) is 5.14 Å². The maximum absolute atomic E-state index is 12.4. The van der Waals surface area contributed by atoms with E-state index in [2.05, 4.69) is 0 Å². The van der Waals surface area contributed by atoms with Gasteiger partial charge < -0.3 is 4.90 Å². The van der Waals surface area contributed by atoms with Gasteiger partial charge in [-0.2, -0.15) is 0 Å². The van der Waals surface area contributed by atoms with E-state index in [0.29, 0.717) is 18.0 Å². The predicted molar refractivity (Wildman–Crippen MR) is 79.1 cm³/mol. The lowest BCUT2D eigenvalue weighted by Gasteiger charge is -2.21. The van der Waals surface area contributed by atoms with Gasteiger partial charge in [0.2, 0.25) is 10.0 Å². The second-order valence-electron chi connectivity index (χ2n) is 5.54. The topological polar surface area (TPSA) is 80.5 Å². The Balaban J connectivity index is 3.31. The van der Waals surface area contributed by atoms with Crippen LogP contribution in [-0.2, 0) is 10.0 Å². The third-order valence-electron chi connectivity index (χ3n) is 3.19. The molecule has 0 saturated carbocycles. The number of sulfonamides is 1. The molecule has 1 amide bonds. The molecule has 0 unspecified atom stereocenters. The van der Waals surface area contributed by atoms with Crippen molar-refractivity contribution in [3.63, 3.8) is 0 Å². The molecule has 20 heavy (non-hydrogen) atoms. The third kappa shape index (κ3) is 3.80. The number of carbonyl (C=O) groups is 1. The van der Waals surface area contributed by atoms with Crippen LogP contribution in [-0.4, -0.2) is 32.8 Å². The van der Waals surface area contributed by atoms with E-state index in [0.717, 1.165) is 11.1 Å². The zero-order valence-electron chi connectivity index (χ0n) is 12.6. The number of primary sulfonamides is 1. The summed E-state index contributed by atoms with van der Waals surface area (Å²) >= 11 is 0. The van der Waals surface area contributed by atoms with Crippen LogP contribution in [0.3, 0.4) is 0 Å². The van der Waals surface area contributed by atoms with Gasteiger partial charge in [0.15, 0.2) is 0 Å². The summed E-state index contributed by atoms with van der Waals surface area (Å²) in [6.45, 7) is 8.21. The lowest BCUT2D eigenvalue weighted by Crippen LogP contribution is -2.31. The molecule has 0 radical (unpaired) electrons. The van der Waals surface area contributed by atoms with Gasteiger partial charge in [-0.1, -0.05) is 13.8 Å². The molecule has 0 aromatic heterocycles. The van der Waals surface area contributed by atoms with Crippen LogP contribution in [0.1, 0.15) is 35.3 Å². The minimum atomic E-state index is -3.82. The zero-order valence-corrected chi connectivity index (χ0v) is 13.4. The second-order valence-corrected chi connectivity index (χ2v) is 7.10. The highest BCUT2D eigenvalue weighted by Gasteiger charge is 2.20. The van der Waals surface area contributed by atoms with Crippen LogP contribution in [0.4, 0.5) is 0 Å². The van der Waals surface area contributed by atoms with E-state index >= 15 is 0 Å². The number of aryl methyl sites for hydroxylation is 1. The summed E-state index contributed by atoms with van der Waals surface area (Å²) in [5.74, 6) is 0.150. The number of hydrogen-bond donors (Lipinski definition) is 1. The molecular weight excluding hydrogens is 276 g/mol. The largest absolute Gasteiger partial charge is 0.341 e. The van der Waals surface area contributed by atoms with Gasteiger partial charge in [0.05, 0.1) is 4.90 Å². The van der Waals surface area contributed by atoms with Crippen molar-refractivity contribution in [2.45, 2.75) is 32.6 Å². The molecule has 1 aromatic carbocycles. The highest BCUT2D eigenvalue weighted by Crippen LogP contribution is 2.20. The Morgan fingerprint density at radius 1 is 1.30 bits per heavy atom. The average molecular weight is 298 g/mol. The van der Waals surface area contributed by atoms with Crippen molar-refractivity contribution in [1.29, 1.82) is 0 Å². The highest BCUT2D eigenvalue weighted by molar-refractivity contribution is 7.89. The summed E-state index contributed by atoms with van der Waals surface area (Å²) in [7, 11) is -2.11. The van der Waals surface area contributed by atoms with Crippen molar-refractivity contribution in [3.05, 3.63) is 28.8 Å². The van der Waals surface area contributed by atoms with Crippen molar-refractivity contribution in [3.8, 4) is 0 Å². The van der Waals surface area contributed by atoms with Gasteiger partial charge in [-0.25, -0.2) is 13.6 Å². The Bertz CT molecular complexity index is 622. The molecule has 0 fully saturated rings. The van der Waals surface area contributed by atoms with E-state index in [-0.39, 0.29) is 10.8 Å². The predicted octanol–water partition coefficient (Wildman–Crippen LogP) is 1.68. The maximum atomic E-state index is 12.4.